The van der Waals surface area contributed by atoms with Gasteiger partial charge in [0.25, 0.3) is 11.8 Å². The van der Waals surface area contributed by atoms with Crippen LogP contribution in [-0.2, 0) is 0 Å². The molecule has 7 nitrogen and oxygen atoms in total. The SMILES string of the molecule is CC(C)c1ccccc1-n1c(SCCN2C(=O)c3ccccc3C2=O)nnc1-c1cccnc1. The number of fused-ring (bicyclic) bond motifs is 1. The number of imide groups is 1. The van der Waals surface area contributed by atoms with E-state index in [1.165, 1.54) is 22.2 Å². The predicted molar refractivity (Wildman–Crippen MR) is 131 cm³/mol. The number of carbonyl (C=O) groups excluding carboxylic acids is 2. The van der Waals surface area contributed by atoms with Crippen molar-refractivity contribution in [1.29, 1.82) is 0 Å². The third kappa shape index (κ3) is 3.90. The Balaban J connectivity index is 1.45. The Morgan fingerprint density at radius 3 is 2.26 bits per heavy atom. The van der Waals surface area contributed by atoms with Crippen molar-refractivity contribution in [2.45, 2.75) is 24.9 Å². The first-order valence-electron chi connectivity index (χ1n) is 11.1. The molecule has 0 radical (unpaired) electrons. The van der Waals surface area contributed by atoms with Gasteiger partial charge < -0.3 is 0 Å². The summed E-state index contributed by atoms with van der Waals surface area (Å²) in [5.74, 6) is 1.01. The number of carbonyl (C=O) groups is 2. The Labute approximate surface area is 201 Å². The molecule has 0 atom stereocenters. The van der Waals surface area contributed by atoms with Crippen LogP contribution in [0.2, 0.25) is 0 Å². The average molecular weight is 470 g/mol. The highest BCUT2D eigenvalue weighted by molar-refractivity contribution is 7.99. The highest BCUT2D eigenvalue weighted by Crippen LogP contribution is 2.32. The molecule has 0 saturated carbocycles. The Hall–Kier alpha value is -3.78. The number of benzene rings is 2. The Morgan fingerprint density at radius 1 is 0.882 bits per heavy atom. The van der Waals surface area contributed by atoms with Crippen LogP contribution in [0.25, 0.3) is 17.1 Å². The molecular formula is C26H23N5O2S. The van der Waals surface area contributed by atoms with Crippen LogP contribution in [0.4, 0.5) is 0 Å². The number of hydrogen-bond donors (Lipinski definition) is 0. The maximum Gasteiger partial charge on any atom is 0.261 e. The maximum absolute atomic E-state index is 12.7. The van der Waals surface area contributed by atoms with Crippen molar-refractivity contribution in [3.8, 4) is 17.1 Å². The Kier molecular flexibility index (Phi) is 5.98. The number of rotatable bonds is 7. The molecule has 2 aromatic heterocycles. The summed E-state index contributed by atoms with van der Waals surface area (Å²) in [5.41, 5.74) is 3.97. The second-order valence-corrected chi connectivity index (χ2v) is 9.31. The second kappa shape index (κ2) is 9.23. The molecule has 0 saturated heterocycles. The third-order valence-electron chi connectivity index (χ3n) is 5.78. The molecule has 0 N–H and O–H groups in total. The van der Waals surface area contributed by atoms with E-state index >= 15 is 0 Å². The van der Waals surface area contributed by atoms with E-state index in [2.05, 4.69) is 41.2 Å². The van der Waals surface area contributed by atoms with Gasteiger partial charge in [0.05, 0.1) is 16.8 Å². The van der Waals surface area contributed by atoms with Crippen LogP contribution in [0.15, 0.2) is 78.2 Å². The first kappa shape index (κ1) is 22.0. The molecule has 0 fully saturated rings. The summed E-state index contributed by atoms with van der Waals surface area (Å²) in [7, 11) is 0. The standard InChI is InChI=1S/C26H23N5O2S/c1-17(2)19-9-5-6-12-22(19)31-23(18-8-7-13-27-16-18)28-29-26(31)34-15-14-30-24(32)20-10-3-4-11-21(20)25(30)33/h3-13,16-17H,14-15H2,1-2H3. The predicted octanol–water partition coefficient (Wildman–Crippen LogP) is 4.84. The van der Waals surface area contributed by atoms with Gasteiger partial charge in [-0.25, -0.2) is 0 Å². The Morgan fingerprint density at radius 2 is 1.59 bits per heavy atom. The van der Waals surface area contributed by atoms with Crippen molar-refractivity contribution < 1.29 is 9.59 Å². The van der Waals surface area contributed by atoms with E-state index < -0.39 is 0 Å². The quantitative estimate of drug-likeness (QED) is 0.285. The summed E-state index contributed by atoms with van der Waals surface area (Å²) in [6, 6.07) is 19.0. The molecule has 4 aromatic rings. The van der Waals surface area contributed by atoms with Crippen molar-refractivity contribution in [2.24, 2.45) is 0 Å². The second-order valence-electron chi connectivity index (χ2n) is 8.25. The van der Waals surface area contributed by atoms with Gasteiger partial charge in [0, 0.05) is 30.3 Å². The molecule has 170 valence electrons. The van der Waals surface area contributed by atoms with Gasteiger partial charge in [0.15, 0.2) is 11.0 Å². The lowest BCUT2D eigenvalue weighted by Crippen LogP contribution is -2.31. The fourth-order valence-corrected chi connectivity index (χ4v) is 4.98. The maximum atomic E-state index is 12.7. The number of hydrogen-bond acceptors (Lipinski definition) is 6. The van der Waals surface area contributed by atoms with Gasteiger partial charge >= 0.3 is 0 Å². The number of amides is 2. The number of pyridine rings is 1. The molecule has 34 heavy (non-hydrogen) atoms. The fraction of sp³-hybridized carbons (Fsp3) is 0.192. The van der Waals surface area contributed by atoms with Crippen LogP contribution in [-0.4, -0.2) is 48.8 Å². The van der Waals surface area contributed by atoms with Crippen LogP contribution in [0.1, 0.15) is 46.0 Å². The zero-order valence-electron chi connectivity index (χ0n) is 18.9. The molecule has 5 rings (SSSR count). The molecule has 0 bridgehead atoms. The van der Waals surface area contributed by atoms with Crippen LogP contribution < -0.4 is 0 Å². The zero-order valence-corrected chi connectivity index (χ0v) is 19.7. The minimum atomic E-state index is -0.246. The fourth-order valence-electron chi connectivity index (χ4n) is 4.11. The van der Waals surface area contributed by atoms with Crippen LogP contribution >= 0.6 is 11.8 Å². The monoisotopic (exact) mass is 469 g/mol. The highest BCUT2D eigenvalue weighted by atomic mass is 32.2. The van der Waals surface area contributed by atoms with E-state index in [1.807, 2.05) is 28.8 Å². The van der Waals surface area contributed by atoms with E-state index in [4.69, 9.17) is 0 Å². The van der Waals surface area contributed by atoms with Gasteiger partial charge in [0.2, 0.25) is 0 Å². The Bertz CT molecular complexity index is 1330. The zero-order chi connectivity index (χ0) is 23.7. The number of aromatic nitrogens is 4. The average Bonchev–Trinajstić information content (AvgIpc) is 3.39. The van der Waals surface area contributed by atoms with Crippen molar-refractivity contribution in [2.75, 3.05) is 12.3 Å². The lowest BCUT2D eigenvalue weighted by Gasteiger charge is -2.17. The largest absolute Gasteiger partial charge is 0.273 e. The van der Waals surface area contributed by atoms with Gasteiger partial charge in [-0.1, -0.05) is 55.9 Å². The lowest BCUT2D eigenvalue weighted by atomic mass is 10.0. The molecule has 1 aliphatic rings. The molecule has 1 aliphatic heterocycles. The van der Waals surface area contributed by atoms with E-state index in [0.29, 0.717) is 33.8 Å². The highest BCUT2D eigenvalue weighted by Gasteiger charge is 2.34. The van der Waals surface area contributed by atoms with Crippen molar-refractivity contribution in [3.05, 3.63) is 89.7 Å². The molecule has 3 heterocycles. The summed E-state index contributed by atoms with van der Waals surface area (Å²) < 4.78 is 2.04. The van der Waals surface area contributed by atoms with Gasteiger partial charge in [-0.05, 0) is 41.8 Å². The first-order valence-corrected chi connectivity index (χ1v) is 12.1. The summed E-state index contributed by atoms with van der Waals surface area (Å²) >= 11 is 1.47. The number of para-hydroxylation sites is 1. The van der Waals surface area contributed by atoms with Crippen molar-refractivity contribution in [3.63, 3.8) is 0 Å². The normalized spacial score (nSPS) is 13.1. The van der Waals surface area contributed by atoms with Crippen LogP contribution in [0.5, 0.6) is 0 Å². The summed E-state index contributed by atoms with van der Waals surface area (Å²) in [5, 5.41) is 9.65. The molecular weight excluding hydrogens is 446 g/mol. The molecule has 0 spiro atoms. The summed E-state index contributed by atoms with van der Waals surface area (Å²) in [6.07, 6.45) is 3.50. The number of nitrogens with zero attached hydrogens (tertiary/aromatic N) is 5. The van der Waals surface area contributed by atoms with Crippen molar-refractivity contribution >= 4 is 23.6 Å². The minimum Gasteiger partial charge on any atom is -0.273 e. The van der Waals surface area contributed by atoms with E-state index in [0.717, 1.165) is 11.3 Å². The van der Waals surface area contributed by atoms with Crippen LogP contribution in [0.3, 0.4) is 0 Å². The van der Waals surface area contributed by atoms with E-state index in [9.17, 15) is 9.59 Å². The summed E-state index contributed by atoms with van der Waals surface area (Å²) in [4.78, 5) is 31.0. The van der Waals surface area contributed by atoms with Gasteiger partial charge in [-0.2, -0.15) is 0 Å². The molecule has 2 aromatic carbocycles. The molecule has 0 aliphatic carbocycles. The van der Waals surface area contributed by atoms with E-state index in [-0.39, 0.29) is 18.4 Å². The lowest BCUT2D eigenvalue weighted by molar-refractivity contribution is 0.0664. The van der Waals surface area contributed by atoms with Gasteiger partial charge in [-0.3, -0.25) is 24.0 Å². The van der Waals surface area contributed by atoms with Crippen LogP contribution in [0, 0.1) is 0 Å². The summed E-state index contributed by atoms with van der Waals surface area (Å²) in [6.45, 7) is 4.60. The van der Waals surface area contributed by atoms with Gasteiger partial charge in [0.1, 0.15) is 0 Å². The smallest absolute Gasteiger partial charge is 0.261 e. The molecule has 2 amide bonds. The topological polar surface area (TPSA) is 81.0 Å². The van der Waals surface area contributed by atoms with E-state index in [1.54, 1.807) is 36.7 Å². The third-order valence-corrected chi connectivity index (χ3v) is 6.69. The van der Waals surface area contributed by atoms with Crippen molar-refractivity contribution in [1.82, 2.24) is 24.6 Å². The first-order chi connectivity index (χ1) is 16.6. The van der Waals surface area contributed by atoms with Gasteiger partial charge in [-0.15, -0.1) is 10.2 Å². The molecule has 0 unspecified atom stereocenters. The number of thioether (sulfide) groups is 1. The minimum absolute atomic E-state index is 0.246. The molecule has 8 heteroatoms.